The summed E-state index contributed by atoms with van der Waals surface area (Å²) in [5.41, 5.74) is 2.03. The molecule has 0 aliphatic carbocycles. The molecule has 0 saturated carbocycles. The molecule has 4 aromatic carbocycles. The summed E-state index contributed by atoms with van der Waals surface area (Å²) in [5, 5.41) is 11.7. The van der Waals surface area contributed by atoms with E-state index in [0.717, 1.165) is 15.4 Å². The van der Waals surface area contributed by atoms with Crippen LogP contribution in [0.2, 0.25) is 0 Å². The molecule has 1 amide bonds. The molecule has 9 nitrogen and oxygen atoms in total. The number of nitrogens with one attached hydrogen (secondary N) is 1. The standard InChI is InChI=1S/C30H26N4O5S2/c1-21-8-18-27(19-9-21)41(36,37)34(23-12-16-26(17-13-23)39-25-6-4-3-5-7-25)20-28(35)31-30-33-32-29(40-30)22-10-14-24(38-2)15-11-22/h3-19H,20H2,1-2H3,(H,31,33,35). The summed E-state index contributed by atoms with van der Waals surface area (Å²) in [7, 11) is -2.50. The highest BCUT2D eigenvalue weighted by atomic mass is 32.2. The molecule has 0 atom stereocenters. The summed E-state index contributed by atoms with van der Waals surface area (Å²) in [4.78, 5) is 13.2. The quantitative estimate of drug-likeness (QED) is 0.209. The number of anilines is 2. The molecule has 1 aromatic heterocycles. The second-order valence-corrected chi connectivity index (χ2v) is 11.8. The second kappa shape index (κ2) is 12.2. The first-order chi connectivity index (χ1) is 19.8. The first-order valence-electron chi connectivity index (χ1n) is 12.5. The fourth-order valence-electron chi connectivity index (χ4n) is 3.87. The molecular weight excluding hydrogens is 560 g/mol. The van der Waals surface area contributed by atoms with Crippen LogP contribution in [0, 0.1) is 6.92 Å². The number of rotatable bonds is 10. The van der Waals surface area contributed by atoms with Crippen LogP contribution >= 0.6 is 11.3 Å². The fourth-order valence-corrected chi connectivity index (χ4v) is 6.06. The number of methoxy groups -OCH3 is 1. The molecule has 1 heterocycles. The van der Waals surface area contributed by atoms with Gasteiger partial charge in [0, 0.05) is 5.56 Å². The highest BCUT2D eigenvalue weighted by Crippen LogP contribution is 2.30. The summed E-state index contributed by atoms with van der Waals surface area (Å²) in [6, 6.07) is 29.5. The summed E-state index contributed by atoms with van der Waals surface area (Å²) in [6.45, 7) is 1.39. The molecule has 208 valence electrons. The molecule has 0 unspecified atom stereocenters. The van der Waals surface area contributed by atoms with Crippen molar-refractivity contribution in [1.29, 1.82) is 0 Å². The number of sulfonamides is 1. The number of amides is 1. The van der Waals surface area contributed by atoms with Gasteiger partial charge >= 0.3 is 0 Å². The third kappa shape index (κ3) is 6.71. The van der Waals surface area contributed by atoms with Crippen LogP contribution in [0.5, 0.6) is 17.2 Å². The monoisotopic (exact) mass is 586 g/mol. The third-order valence-corrected chi connectivity index (χ3v) is 8.68. The first kappa shape index (κ1) is 27.8. The lowest BCUT2D eigenvalue weighted by Crippen LogP contribution is -2.38. The Kier molecular flexibility index (Phi) is 8.27. The van der Waals surface area contributed by atoms with E-state index >= 15 is 0 Å². The molecule has 0 fully saturated rings. The molecular formula is C30H26N4O5S2. The average molecular weight is 587 g/mol. The van der Waals surface area contributed by atoms with Crippen LogP contribution in [-0.2, 0) is 14.8 Å². The van der Waals surface area contributed by atoms with E-state index in [0.29, 0.717) is 27.9 Å². The van der Waals surface area contributed by atoms with Crippen LogP contribution in [0.15, 0.2) is 108 Å². The number of nitrogens with zero attached hydrogens (tertiary/aromatic N) is 3. The Labute approximate surface area is 242 Å². The Morgan fingerprint density at radius 2 is 1.46 bits per heavy atom. The van der Waals surface area contributed by atoms with Gasteiger partial charge in [0.15, 0.2) is 0 Å². The van der Waals surface area contributed by atoms with Gasteiger partial charge in [0.2, 0.25) is 11.0 Å². The molecule has 0 aliphatic heterocycles. The number of carbonyl (C=O) groups is 1. The van der Waals surface area contributed by atoms with Gasteiger partial charge in [-0.05, 0) is 79.7 Å². The summed E-state index contributed by atoms with van der Waals surface area (Å²) in [5.74, 6) is 1.32. The van der Waals surface area contributed by atoms with Gasteiger partial charge in [-0.2, -0.15) is 0 Å². The molecule has 1 N–H and O–H groups in total. The number of carbonyl (C=O) groups excluding carboxylic acids is 1. The van der Waals surface area contributed by atoms with Crippen LogP contribution < -0.4 is 19.1 Å². The number of ether oxygens (including phenoxy) is 2. The van der Waals surface area contributed by atoms with Crippen molar-refractivity contribution in [3.63, 3.8) is 0 Å². The Bertz CT molecular complexity index is 1720. The van der Waals surface area contributed by atoms with E-state index < -0.39 is 22.5 Å². The van der Waals surface area contributed by atoms with E-state index in [1.807, 2.05) is 49.4 Å². The van der Waals surface area contributed by atoms with Crippen molar-refractivity contribution in [2.24, 2.45) is 0 Å². The van der Waals surface area contributed by atoms with Gasteiger partial charge in [0.1, 0.15) is 28.8 Å². The van der Waals surface area contributed by atoms with Gasteiger partial charge < -0.3 is 9.47 Å². The molecule has 11 heteroatoms. The van der Waals surface area contributed by atoms with Crippen molar-refractivity contribution in [2.45, 2.75) is 11.8 Å². The number of hydrogen-bond donors (Lipinski definition) is 1. The van der Waals surface area contributed by atoms with Crippen molar-refractivity contribution in [1.82, 2.24) is 10.2 Å². The van der Waals surface area contributed by atoms with Crippen molar-refractivity contribution < 1.29 is 22.7 Å². The largest absolute Gasteiger partial charge is 0.497 e. The predicted molar refractivity (Wildman–Crippen MR) is 159 cm³/mol. The zero-order chi connectivity index (χ0) is 28.8. The molecule has 0 aliphatic rings. The lowest BCUT2D eigenvalue weighted by molar-refractivity contribution is -0.114. The van der Waals surface area contributed by atoms with Crippen LogP contribution in [0.3, 0.4) is 0 Å². The van der Waals surface area contributed by atoms with E-state index in [2.05, 4.69) is 15.5 Å². The molecule has 5 aromatic rings. The minimum Gasteiger partial charge on any atom is -0.497 e. The topological polar surface area (TPSA) is 111 Å². The van der Waals surface area contributed by atoms with Crippen molar-refractivity contribution in [3.8, 4) is 27.8 Å². The van der Waals surface area contributed by atoms with Crippen molar-refractivity contribution in [2.75, 3.05) is 23.3 Å². The molecule has 0 saturated heterocycles. The maximum atomic E-state index is 13.7. The summed E-state index contributed by atoms with van der Waals surface area (Å²) in [6.07, 6.45) is 0. The van der Waals surface area contributed by atoms with Gasteiger partial charge in [0.25, 0.3) is 10.0 Å². The minimum atomic E-state index is -4.09. The smallest absolute Gasteiger partial charge is 0.264 e. The first-order valence-corrected chi connectivity index (χ1v) is 14.8. The lowest BCUT2D eigenvalue weighted by atomic mass is 10.2. The molecule has 5 rings (SSSR count). The summed E-state index contributed by atoms with van der Waals surface area (Å²) >= 11 is 1.18. The van der Waals surface area contributed by atoms with Crippen LogP contribution in [-0.4, -0.2) is 38.2 Å². The molecule has 0 bridgehead atoms. The maximum absolute atomic E-state index is 13.7. The Balaban J connectivity index is 1.37. The van der Waals surface area contributed by atoms with Gasteiger partial charge in [-0.1, -0.05) is 47.2 Å². The number of benzene rings is 4. The van der Waals surface area contributed by atoms with Gasteiger partial charge in [-0.25, -0.2) is 8.42 Å². The number of aryl methyl sites for hydroxylation is 1. The van der Waals surface area contributed by atoms with Crippen LogP contribution in [0.25, 0.3) is 10.6 Å². The third-order valence-electron chi connectivity index (χ3n) is 6.01. The Morgan fingerprint density at radius 3 is 2.12 bits per heavy atom. The average Bonchev–Trinajstić information content (AvgIpc) is 3.45. The molecule has 0 radical (unpaired) electrons. The van der Waals surface area contributed by atoms with E-state index in [-0.39, 0.29) is 10.0 Å². The molecule has 0 spiro atoms. The van der Waals surface area contributed by atoms with E-state index in [1.165, 1.54) is 23.5 Å². The normalized spacial score (nSPS) is 11.1. The van der Waals surface area contributed by atoms with Crippen molar-refractivity contribution in [3.05, 3.63) is 109 Å². The van der Waals surface area contributed by atoms with E-state index in [9.17, 15) is 13.2 Å². The summed E-state index contributed by atoms with van der Waals surface area (Å²) < 4.78 is 39.5. The molecule has 41 heavy (non-hydrogen) atoms. The van der Waals surface area contributed by atoms with E-state index in [4.69, 9.17) is 9.47 Å². The zero-order valence-electron chi connectivity index (χ0n) is 22.2. The maximum Gasteiger partial charge on any atom is 0.264 e. The second-order valence-electron chi connectivity index (χ2n) is 8.92. The van der Waals surface area contributed by atoms with Crippen LogP contribution in [0.4, 0.5) is 10.8 Å². The van der Waals surface area contributed by atoms with Crippen molar-refractivity contribution >= 4 is 38.1 Å². The van der Waals surface area contributed by atoms with Crippen LogP contribution in [0.1, 0.15) is 5.56 Å². The highest BCUT2D eigenvalue weighted by molar-refractivity contribution is 7.92. The number of para-hydroxylation sites is 1. The Morgan fingerprint density at radius 1 is 0.829 bits per heavy atom. The zero-order valence-corrected chi connectivity index (χ0v) is 23.9. The van der Waals surface area contributed by atoms with Gasteiger partial charge in [-0.15, -0.1) is 10.2 Å². The highest BCUT2D eigenvalue weighted by Gasteiger charge is 2.28. The van der Waals surface area contributed by atoms with E-state index in [1.54, 1.807) is 55.6 Å². The van der Waals surface area contributed by atoms with Gasteiger partial charge in [0.05, 0.1) is 17.7 Å². The van der Waals surface area contributed by atoms with Gasteiger partial charge in [-0.3, -0.25) is 14.4 Å². The number of aromatic nitrogens is 2. The SMILES string of the molecule is COc1ccc(-c2nnc(NC(=O)CN(c3ccc(Oc4ccccc4)cc3)S(=O)(=O)c3ccc(C)cc3)s2)cc1. The predicted octanol–water partition coefficient (Wildman–Crippen LogP) is 6.15. The fraction of sp³-hybridized carbons (Fsp3) is 0.100. The lowest BCUT2D eigenvalue weighted by Gasteiger charge is -2.24. The number of hydrogen-bond acceptors (Lipinski definition) is 8. The Hall–Kier alpha value is -4.74. The minimum absolute atomic E-state index is 0.0678.